The third-order valence-corrected chi connectivity index (χ3v) is 2.08. The molecule has 1 N–H and O–H groups in total. The second-order valence-corrected chi connectivity index (χ2v) is 3.13. The second kappa shape index (κ2) is 4.08. The molecule has 5 nitrogen and oxygen atoms in total. The van der Waals surface area contributed by atoms with Crippen LogP contribution >= 0.6 is 15.9 Å². The summed E-state index contributed by atoms with van der Waals surface area (Å²) in [7, 11) is 0. The lowest BCUT2D eigenvalue weighted by Gasteiger charge is -2.01. The van der Waals surface area contributed by atoms with Gasteiger partial charge in [0.25, 0.3) is 0 Å². The van der Waals surface area contributed by atoms with Crippen LogP contribution < -0.4 is 0 Å². The minimum atomic E-state index is -1.26. The summed E-state index contributed by atoms with van der Waals surface area (Å²) in [5.74, 6) is -2.13. The molecule has 0 bridgehead atoms. The van der Waals surface area contributed by atoms with Gasteiger partial charge in [0.15, 0.2) is 0 Å². The van der Waals surface area contributed by atoms with Crippen LogP contribution in [-0.2, 0) is 0 Å². The molecule has 0 heterocycles. The number of carboxylic acid groups (broad SMARTS) is 1. The molecule has 0 saturated heterocycles. The van der Waals surface area contributed by atoms with Gasteiger partial charge in [0.2, 0.25) is 0 Å². The second-order valence-electron chi connectivity index (χ2n) is 2.28. The number of rotatable bonds is 2. The third kappa shape index (κ3) is 2.01. The van der Waals surface area contributed by atoms with E-state index in [1.54, 1.807) is 0 Å². The van der Waals surface area contributed by atoms with E-state index in [9.17, 15) is 9.18 Å². The maximum atomic E-state index is 13.0. The lowest BCUT2D eigenvalue weighted by Crippen LogP contribution is -1.98. The average Bonchev–Trinajstić information content (AvgIpc) is 2.10. The maximum Gasteiger partial charge on any atom is 0.336 e. The molecule has 1 rings (SSSR count). The van der Waals surface area contributed by atoms with Crippen molar-refractivity contribution in [3.8, 4) is 0 Å². The summed E-state index contributed by atoms with van der Waals surface area (Å²) < 4.78 is 13.2. The Balaban J connectivity index is 3.37. The van der Waals surface area contributed by atoms with Crippen LogP contribution in [0.5, 0.6) is 0 Å². The highest BCUT2D eigenvalue weighted by Gasteiger charge is 2.12. The normalized spacial score (nSPS) is 9.29. The van der Waals surface area contributed by atoms with Gasteiger partial charge in [0, 0.05) is 9.38 Å². The molecule has 0 amide bonds. The van der Waals surface area contributed by atoms with E-state index in [1.807, 2.05) is 0 Å². The first-order valence-electron chi connectivity index (χ1n) is 3.33. The van der Waals surface area contributed by atoms with Crippen LogP contribution in [0.15, 0.2) is 21.7 Å². The first kappa shape index (κ1) is 10.5. The zero-order chi connectivity index (χ0) is 10.7. The topological polar surface area (TPSA) is 86.1 Å². The number of hydrogen-bond acceptors (Lipinski definition) is 2. The molecular formula is C7H3BrFN3O2. The Morgan fingerprint density at radius 3 is 2.79 bits per heavy atom. The minimum absolute atomic E-state index is 0.161. The molecule has 0 fully saturated rings. The number of nitrogens with zero attached hydrogens (tertiary/aromatic N) is 3. The van der Waals surface area contributed by atoms with E-state index < -0.39 is 11.8 Å². The first-order valence-corrected chi connectivity index (χ1v) is 4.13. The number of carboxylic acids is 1. The van der Waals surface area contributed by atoms with Gasteiger partial charge in [0.1, 0.15) is 5.82 Å². The molecule has 0 aliphatic rings. The number of benzene rings is 1. The van der Waals surface area contributed by atoms with Crippen molar-refractivity contribution in [2.24, 2.45) is 5.11 Å². The number of carbonyl (C=O) groups is 1. The molecule has 7 heteroatoms. The molecule has 0 aromatic heterocycles. The summed E-state index contributed by atoms with van der Waals surface area (Å²) in [4.78, 5) is 12.9. The van der Waals surface area contributed by atoms with Crippen molar-refractivity contribution < 1.29 is 14.3 Å². The molecule has 1 aromatic rings. The Bertz CT molecular complexity index is 415. The van der Waals surface area contributed by atoms with E-state index >= 15 is 0 Å². The fourth-order valence-corrected chi connectivity index (χ4v) is 1.33. The van der Waals surface area contributed by atoms with Gasteiger partial charge >= 0.3 is 5.97 Å². The van der Waals surface area contributed by atoms with E-state index in [-0.39, 0.29) is 15.7 Å². The van der Waals surface area contributed by atoms with Crippen LogP contribution in [0.2, 0.25) is 0 Å². The van der Waals surface area contributed by atoms with Crippen molar-refractivity contribution >= 4 is 27.6 Å². The number of hydrogen-bond donors (Lipinski definition) is 1. The van der Waals surface area contributed by atoms with Crippen molar-refractivity contribution in [1.82, 2.24) is 0 Å². The molecule has 0 aliphatic heterocycles. The Morgan fingerprint density at radius 1 is 1.64 bits per heavy atom. The van der Waals surface area contributed by atoms with E-state index in [1.165, 1.54) is 0 Å². The lowest BCUT2D eigenvalue weighted by molar-refractivity contribution is 0.0695. The molecule has 0 aliphatic carbocycles. The van der Waals surface area contributed by atoms with Gasteiger partial charge in [-0.2, -0.15) is 0 Å². The smallest absolute Gasteiger partial charge is 0.336 e. The predicted molar refractivity (Wildman–Crippen MR) is 49.9 cm³/mol. The molecular weight excluding hydrogens is 257 g/mol. The average molecular weight is 260 g/mol. The van der Waals surface area contributed by atoms with Gasteiger partial charge in [-0.05, 0) is 33.6 Å². The monoisotopic (exact) mass is 259 g/mol. The van der Waals surface area contributed by atoms with Crippen LogP contribution in [0.1, 0.15) is 10.4 Å². The number of azide groups is 1. The first-order chi connectivity index (χ1) is 6.56. The summed E-state index contributed by atoms with van der Waals surface area (Å²) in [6, 6.07) is 1.90. The zero-order valence-electron chi connectivity index (χ0n) is 6.61. The largest absolute Gasteiger partial charge is 0.478 e. The molecule has 1 aromatic carbocycles. The van der Waals surface area contributed by atoms with Crippen LogP contribution in [0.3, 0.4) is 0 Å². The minimum Gasteiger partial charge on any atom is -0.478 e. The summed E-state index contributed by atoms with van der Waals surface area (Å²) in [6.07, 6.45) is 0. The summed E-state index contributed by atoms with van der Waals surface area (Å²) >= 11 is 2.92. The summed E-state index contributed by atoms with van der Waals surface area (Å²) in [5.41, 5.74) is 7.60. The lowest BCUT2D eigenvalue weighted by atomic mass is 10.2. The molecule has 0 spiro atoms. The van der Waals surface area contributed by atoms with E-state index in [4.69, 9.17) is 10.6 Å². The van der Waals surface area contributed by atoms with Crippen molar-refractivity contribution in [1.29, 1.82) is 0 Å². The summed E-state index contributed by atoms with van der Waals surface area (Å²) in [5, 5.41) is 11.7. The standard InChI is InChI=1S/C7H3BrFN3O2/c8-4-2-6(11-12-10)5(9)1-3(4)7(13)14/h1-2H,(H,13,14). The Kier molecular flexibility index (Phi) is 3.06. The van der Waals surface area contributed by atoms with Crippen LogP contribution in [0.4, 0.5) is 10.1 Å². The molecule has 0 atom stereocenters. The highest BCUT2D eigenvalue weighted by molar-refractivity contribution is 9.10. The molecule has 14 heavy (non-hydrogen) atoms. The number of aromatic carboxylic acids is 1. The van der Waals surface area contributed by atoms with Crippen LogP contribution in [0.25, 0.3) is 10.4 Å². The number of halogens is 2. The van der Waals surface area contributed by atoms with E-state index in [0.717, 1.165) is 12.1 Å². The quantitative estimate of drug-likeness (QED) is 0.502. The van der Waals surface area contributed by atoms with Gasteiger partial charge in [-0.15, -0.1) is 0 Å². The van der Waals surface area contributed by atoms with Crippen molar-refractivity contribution in [2.45, 2.75) is 0 Å². The van der Waals surface area contributed by atoms with E-state index in [0.29, 0.717) is 0 Å². The van der Waals surface area contributed by atoms with Crippen LogP contribution in [-0.4, -0.2) is 11.1 Å². The Hall–Kier alpha value is -1.59. The van der Waals surface area contributed by atoms with Gasteiger partial charge in [-0.25, -0.2) is 9.18 Å². The van der Waals surface area contributed by atoms with Crippen molar-refractivity contribution in [2.75, 3.05) is 0 Å². The Morgan fingerprint density at radius 2 is 2.29 bits per heavy atom. The Labute approximate surface area is 85.9 Å². The maximum absolute atomic E-state index is 13.0. The fraction of sp³-hybridized carbons (Fsp3) is 0. The highest BCUT2D eigenvalue weighted by Crippen LogP contribution is 2.26. The van der Waals surface area contributed by atoms with E-state index in [2.05, 4.69) is 26.0 Å². The highest BCUT2D eigenvalue weighted by atomic mass is 79.9. The van der Waals surface area contributed by atoms with Crippen LogP contribution in [0, 0.1) is 5.82 Å². The SMILES string of the molecule is [N-]=[N+]=Nc1cc(Br)c(C(=O)O)cc1F. The summed E-state index contributed by atoms with van der Waals surface area (Å²) in [6.45, 7) is 0. The van der Waals surface area contributed by atoms with Gasteiger partial charge in [-0.3, -0.25) is 0 Å². The zero-order valence-corrected chi connectivity index (χ0v) is 8.19. The molecule has 0 unspecified atom stereocenters. The predicted octanol–water partition coefficient (Wildman–Crippen LogP) is 3.23. The van der Waals surface area contributed by atoms with Gasteiger partial charge in [-0.1, -0.05) is 5.11 Å². The van der Waals surface area contributed by atoms with Crippen molar-refractivity contribution in [3.63, 3.8) is 0 Å². The van der Waals surface area contributed by atoms with Gasteiger partial charge in [0.05, 0.1) is 11.3 Å². The molecule has 0 radical (unpaired) electrons. The third-order valence-electron chi connectivity index (χ3n) is 1.42. The fourth-order valence-electron chi connectivity index (χ4n) is 0.825. The van der Waals surface area contributed by atoms with Crippen molar-refractivity contribution in [3.05, 3.63) is 38.4 Å². The molecule has 72 valence electrons. The van der Waals surface area contributed by atoms with Gasteiger partial charge < -0.3 is 5.11 Å². The molecule has 0 saturated carbocycles.